The van der Waals surface area contributed by atoms with E-state index in [1.165, 1.54) is 32.4 Å². The number of nitrogens with zero attached hydrogens (tertiary/aromatic N) is 1. The number of carbonyl (C=O) groups is 2. The van der Waals surface area contributed by atoms with E-state index in [0.29, 0.717) is 5.56 Å². The van der Waals surface area contributed by atoms with Crippen molar-refractivity contribution in [3.05, 3.63) is 29.3 Å². The van der Waals surface area contributed by atoms with E-state index in [1.54, 1.807) is 0 Å². The Labute approximate surface area is 140 Å². The maximum atomic E-state index is 12.8. The monoisotopic (exact) mass is 357 g/mol. The van der Waals surface area contributed by atoms with Crippen LogP contribution in [0.4, 0.5) is 0 Å². The summed E-state index contributed by atoms with van der Waals surface area (Å²) < 4.78 is 36.3. The average Bonchev–Trinajstić information content (AvgIpc) is 3.05. The summed E-state index contributed by atoms with van der Waals surface area (Å²) in [6, 6.07) is 4.15. The topological polar surface area (TPSA) is 110 Å². The molecule has 1 heterocycles. The number of rotatable bonds is 6. The summed E-state index contributed by atoms with van der Waals surface area (Å²) >= 11 is 0. The maximum Gasteiger partial charge on any atom is 0.337 e. The zero-order chi connectivity index (χ0) is 17.9. The van der Waals surface area contributed by atoms with E-state index in [-0.39, 0.29) is 36.6 Å². The van der Waals surface area contributed by atoms with Gasteiger partial charge in [-0.2, -0.15) is 4.31 Å². The number of hydrogen-bond acceptors (Lipinski definition) is 6. The van der Waals surface area contributed by atoms with Gasteiger partial charge in [0.2, 0.25) is 10.0 Å². The molecule has 0 radical (unpaired) electrons. The van der Waals surface area contributed by atoms with Crippen molar-refractivity contribution in [1.29, 1.82) is 0 Å². The number of hydrogen-bond donors (Lipinski definition) is 1. The molecule has 24 heavy (non-hydrogen) atoms. The van der Waals surface area contributed by atoms with Crippen molar-refractivity contribution in [2.45, 2.75) is 17.9 Å². The van der Waals surface area contributed by atoms with Crippen LogP contribution in [-0.4, -0.2) is 57.1 Å². The lowest BCUT2D eigenvalue weighted by atomic mass is 10.1. The van der Waals surface area contributed by atoms with Gasteiger partial charge in [0.25, 0.3) is 0 Å². The molecule has 0 spiro atoms. The molecule has 1 saturated heterocycles. The van der Waals surface area contributed by atoms with E-state index in [1.807, 2.05) is 0 Å². The largest absolute Gasteiger partial charge is 0.481 e. The third-order valence-corrected chi connectivity index (χ3v) is 5.68. The summed E-state index contributed by atoms with van der Waals surface area (Å²) in [5.41, 5.74) is 0.604. The quantitative estimate of drug-likeness (QED) is 0.747. The number of sulfonamides is 1. The Morgan fingerprint density at radius 1 is 1.29 bits per heavy atom. The van der Waals surface area contributed by atoms with Crippen molar-refractivity contribution in [3.63, 3.8) is 0 Å². The number of methoxy groups -OCH3 is 2. The summed E-state index contributed by atoms with van der Waals surface area (Å²) in [6.07, 6.45) is 0.260. The molecule has 1 aliphatic rings. The zero-order valence-corrected chi connectivity index (χ0v) is 14.2. The van der Waals surface area contributed by atoms with Crippen LogP contribution in [0.1, 0.15) is 22.3 Å². The van der Waals surface area contributed by atoms with Crippen LogP contribution in [0, 0.1) is 5.92 Å². The van der Waals surface area contributed by atoms with Crippen LogP contribution in [0.3, 0.4) is 0 Å². The Balaban J connectivity index is 2.40. The summed E-state index contributed by atoms with van der Waals surface area (Å²) in [6.45, 7) is 0.173. The first-order valence-corrected chi connectivity index (χ1v) is 8.67. The lowest BCUT2D eigenvalue weighted by molar-refractivity contribution is -0.141. The normalized spacial score (nSPS) is 18.5. The van der Waals surface area contributed by atoms with Crippen LogP contribution in [0.15, 0.2) is 23.1 Å². The molecular formula is C15H19NO7S. The van der Waals surface area contributed by atoms with Gasteiger partial charge in [-0.05, 0) is 30.2 Å². The van der Waals surface area contributed by atoms with Gasteiger partial charge in [0.15, 0.2) is 0 Å². The van der Waals surface area contributed by atoms with Crippen LogP contribution >= 0.6 is 0 Å². The van der Waals surface area contributed by atoms with Gasteiger partial charge in [0, 0.05) is 20.2 Å². The van der Waals surface area contributed by atoms with Crippen molar-refractivity contribution in [2.24, 2.45) is 5.92 Å². The first-order chi connectivity index (χ1) is 11.3. The summed E-state index contributed by atoms with van der Waals surface area (Å²) in [5, 5.41) is 9.03. The highest BCUT2D eigenvalue weighted by molar-refractivity contribution is 7.89. The van der Waals surface area contributed by atoms with Gasteiger partial charge < -0.3 is 14.6 Å². The van der Waals surface area contributed by atoms with Gasteiger partial charge in [0.1, 0.15) is 0 Å². The van der Waals surface area contributed by atoms with Gasteiger partial charge in [-0.3, -0.25) is 4.79 Å². The molecule has 1 fully saturated rings. The summed E-state index contributed by atoms with van der Waals surface area (Å²) in [4.78, 5) is 22.7. The molecule has 0 bridgehead atoms. The molecule has 0 saturated carbocycles. The minimum Gasteiger partial charge on any atom is -0.481 e. The van der Waals surface area contributed by atoms with Gasteiger partial charge in [-0.15, -0.1) is 0 Å². The molecule has 2 rings (SSSR count). The average molecular weight is 357 g/mol. The Bertz CT molecular complexity index is 744. The number of carboxylic acid groups (broad SMARTS) is 1. The smallest absolute Gasteiger partial charge is 0.337 e. The van der Waals surface area contributed by atoms with Gasteiger partial charge in [-0.1, -0.05) is 0 Å². The highest BCUT2D eigenvalue weighted by Crippen LogP contribution is 2.26. The van der Waals surface area contributed by atoms with Gasteiger partial charge >= 0.3 is 11.9 Å². The standard InChI is InChI=1S/C15H19NO7S/c1-22-9-10-5-12(15(19)23-2)7-13(6-10)24(20,21)16-4-3-11(8-16)14(17)18/h5-7,11H,3-4,8-9H2,1-2H3,(H,17,18). The molecule has 132 valence electrons. The molecule has 0 amide bonds. The molecule has 1 aliphatic heterocycles. The molecule has 0 aromatic heterocycles. The van der Waals surface area contributed by atoms with Crippen LogP contribution in [0.25, 0.3) is 0 Å². The first kappa shape index (κ1) is 18.4. The van der Waals surface area contributed by atoms with Gasteiger partial charge in [0.05, 0.1) is 30.1 Å². The Kier molecular flexibility index (Phi) is 5.58. The van der Waals surface area contributed by atoms with Crippen molar-refractivity contribution < 1.29 is 32.6 Å². The third-order valence-electron chi connectivity index (χ3n) is 3.84. The zero-order valence-electron chi connectivity index (χ0n) is 13.4. The SMILES string of the molecule is COCc1cc(C(=O)OC)cc(S(=O)(=O)N2CCC(C(=O)O)C2)c1. The van der Waals surface area contributed by atoms with E-state index in [4.69, 9.17) is 9.84 Å². The molecular weight excluding hydrogens is 338 g/mol. The summed E-state index contributed by atoms with van der Waals surface area (Å²) in [5.74, 6) is -2.40. The fourth-order valence-corrected chi connectivity index (χ4v) is 4.19. The molecule has 1 N–H and O–H groups in total. The maximum absolute atomic E-state index is 12.8. The number of carbonyl (C=O) groups excluding carboxylic acids is 1. The van der Waals surface area contributed by atoms with Crippen molar-refractivity contribution in [2.75, 3.05) is 27.3 Å². The minimum atomic E-state index is -3.90. The third kappa shape index (κ3) is 3.74. The van der Waals surface area contributed by atoms with E-state index >= 15 is 0 Å². The van der Waals surface area contributed by atoms with Crippen molar-refractivity contribution in [3.8, 4) is 0 Å². The molecule has 8 nitrogen and oxygen atoms in total. The summed E-state index contributed by atoms with van der Waals surface area (Å²) in [7, 11) is -1.24. The number of ether oxygens (including phenoxy) is 2. The van der Waals surface area contributed by atoms with Gasteiger partial charge in [-0.25, -0.2) is 13.2 Å². The van der Waals surface area contributed by atoms with E-state index in [2.05, 4.69) is 4.74 Å². The number of carboxylic acids is 1. The lowest BCUT2D eigenvalue weighted by Gasteiger charge is -2.17. The molecule has 1 aromatic carbocycles. The number of esters is 1. The first-order valence-electron chi connectivity index (χ1n) is 7.23. The van der Waals surface area contributed by atoms with Crippen molar-refractivity contribution >= 4 is 22.0 Å². The Morgan fingerprint density at radius 2 is 2.00 bits per heavy atom. The van der Waals surface area contributed by atoms with Crippen LogP contribution in [0.5, 0.6) is 0 Å². The molecule has 1 unspecified atom stereocenters. The molecule has 9 heteroatoms. The number of aliphatic carboxylic acids is 1. The lowest BCUT2D eigenvalue weighted by Crippen LogP contribution is -2.30. The Hall–Kier alpha value is -1.97. The van der Waals surface area contributed by atoms with E-state index in [9.17, 15) is 18.0 Å². The molecule has 0 aliphatic carbocycles. The predicted molar refractivity (Wildman–Crippen MR) is 83.0 cm³/mol. The van der Waals surface area contributed by atoms with E-state index < -0.39 is 27.9 Å². The minimum absolute atomic E-state index is 0.0801. The second kappa shape index (κ2) is 7.29. The second-order valence-electron chi connectivity index (χ2n) is 5.48. The molecule has 1 aromatic rings. The highest BCUT2D eigenvalue weighted by atomic mass is 32.2. The van der Waals surface area contributed by atoms with Crippen LogP contribution in [0.2, 0.25) is 0 Å². The van der Waals surface area contributed by atoms with E-state index in [0.717, 1.165) is 4.31 Å². The highest BCUT2D eigenvalue weighted by Gasteiger charge is 2.36. The fourth-order valence-electron chi connectivity index (χ4n) is 2.59. The predicted octanol–water partition coefficient (Wildman–Crippen LogP) is 0.715. The second-order valence-corrected chi connectivity index (χ2v) is 7.42. The fraction of sp³-hybridized carbons (Fsp3) is 0.467. The number of benzene rings is 1. The molecule has 1 atom stereocenters. The van der Waals surface area contributed by atoms with Crippen LogP contribution < -0.4 is 0 Å². The van der Waals surface area contributed by atoms with Crippen molar-refractivity contribution in [1.82, 2.24) is 4.31 Å². The van der Waals surface area contributed by atoms with Crippen LogP contribution in [-0.2, 0) is 30.9 Å². The Morgan fingerprint density at radius 3 is 2.54 bits per heavy atom.